The van der Waals surface area contributed by atoms with Gasteiger partial charge in [-0.3, -0.25) is 4.79 Å². The smallest absolute Gasteiger partial charge is 0.150 e. The van der Waals surface area contributed by atoms with E-state index in [0.29, 0.717) is 16.2 Å². The molecule has 9 heteroatoms. The zero-order valence-corrected chi connectivity index (χ0v) is 21.1. The Balaban J connectivity index is 0.000000225. The van der Waals surface area contributed by atoms with Crippen LogP contribution in [0.15, 0.2) is 59.5 Å². The number of methoxy groups -OCH3 is 1. The van der Waals surface area contributed by atoms with E-state index >= 15 is 0 Å². The molecule has 0 bridgehead atoms. The van der Waals surface area contributed by atoms with Crippen molar-refractivity contribution in [3.8, 4) is 16.9 Å². The SMILES string of the molecule is CNc1ccc(S(N)=O)c(OC)c1.Cc1cc(C=O)ccc1-c1ccc(N)cc1N1CCOCC1. The molecular formula is C26H32N4O4S. The Bertz CT molecular complexity index is 1200. The van der Waals surface area contributed by atoms with Crippen LogP contribution in [0.3, 0.4) is 0 Å². The average molecular weight is 497 g/mol. The van der Waals surface area contributed by atoms with Crippen molar-refractivity contribution in [3.05, 3.63) is 65.7 Å². The van der Waals surface area contributed by atoms with Crippen LogP contribution < -0.4 is 25.8 Å². The molecule has 3 aromatic carbocycles. The molecule has 1 unspecified atom stereocenters. The molecule has 3 aromatic rings. The van der Waals surface area contributed by atoms with Gasteiger partial charge in [-0.15, -0.1) is 0 Å². The van der Waals surface area contributed by atoms with E-state index in [4.69, 9.17) is 20.3 Å². The average Bonchev–Trinajstić information content (AvgIpc) is 2.89. The number of ether oxygens (including phenoxy) is 2. The summed E-state index contributed by atoms with van der Waals surface area (Å²) in [4.78, 5) is 13.7. The number of nitrogens with two attached hydrogens (primary N) is 2. The topological polar surface area (TPSA) is 120 Å². The number of morpholine rings is 1. The molecular weight excluding hydrogens is 464 g/mol. The largest absolute Gasteiger partial charge is 0.495 e. The first kappa shape index (κ1) is 26.2. The van der Waals surface area contributed by atoms with Gasteiger partial charge in [0.15, 0.2) is 0 Å². The molecule has 5 N–H and O–H groups in total. The van der Waals surface area contributed by atoms with Crippen LogP contribution >= 0.6 is 0 Å². The summed E-state index contributed by atoms with van der Waals surface area (Å²) in [5.74, 6) is 0.535. The summed E-state index contributed by atoms with van der Waals surface area (Å²) < 4.78 is 21.5. The molecule has 0 spiro atoms. The lowest BCUT2D eigenvalue weighted by atomic mass is 9.96. The van der Waals surface area contributed by atoms with Crippen molar-refractivity contribution in [2.45, 2.75) is 11.8 Å². The molecule has 0 saturated carbocycles. The van der Waals surface area contributed by atoms with Crippen molar-refractivity contribution < 1.29 is 18.5 Å². The van der Waals surface area contributed by atoms with Crippen molar-refractivity contribution >= 4 is 34.3 Å². The lowest BCUT2D eigenvalue weighted by molar-refractivity contribution is 0.112. The second-order valence-corrected chi connectivity index (χ2v) is 9.02. The number of hydrogen-bond acceptors (Lipinski definition) is 7. The number of rotatable bonds is 6. The van der Waals surface area contributed by atoms with E-state index in [0.717, 1.165) is 66.3 Å². The first-order valence-corrected chi connectivity index (χ1v) is 12.4. The third-order valence-electron chi connectivity index (χ3n) is 5.72. The van der Waals surface area contributed by atoms with E-state index in [2.05, 4.69) is 16.3 Å². The second-order valence-electron chi connectivity index (χ2n) is 7.98. The van der Waals surface area contributed by atoms with Gasteiger partial charge in [0.25, 0.3) is 0 Å². The number of nitrogens with one attached hydrogen (secondary N) is 1. The summed E-state index contributed by atoms with van der Waals surface area (Å²) in [6.45, 7) is 5.22. The molecule has 4 rings (SSSR count). The van der Waals surface area contributed by atoms with Gasteiger partial charge in [0.1, 0.15) is 23.0 Å². The van der Waals surface area contributed by atoms with E-state index in [1.807, 2.05) is 37.3 Å². The van der Waals surface area contributed by atoms with E-state index in [9.17, 15) is 9.00 Å². The lowest BCUT2D eigenvalue weighted by Gasteiger charge is -2.31. The van der Waals surface area contributed by atoms with Gasteiger partial charge in [-0.25, -0.2) is 9.35 Å². The number of benzene rings is 3. The lowest BCUT2D eigenvalue weighted by Crippen LogP contribution is -2.36. The number of nitrogens with zero attached hydrogens (tertiary/aromatic N) is 1. The number of anilines is 3. The summed E-state index contributed by atoms with van der Waals surface area (Å²) in [5.41, 5.74) is 12.8. The van der Waals surface area contributed by atoms with Crippen molar-refractivity contribution in [2.24, 2.45) is 5.14 Å². The van der Waals surface area contributed by atoms with Crippen molar-refractivity contribution in [1.82, 2.24) is 0 Å². The summed E-state index contributed by atoms with van der Waals surface area (Å²) in [6.07, 6.45) is 0.878. The standard InChI is InChI=1S/C18H20N2O2.C8H12N2O2S/c1-13-10-14(12-21)2-4-16(13)17-5-3-15(19)11-18(17)20-6-8-22-9-7-20;1-10-6-3-4-8(13(9)11)7(5-6)12-2/h2-5,10-12H,6-9,19H2,1H3;3-5,10H,9H2,1-2H3. The molecule has 0 amide bonds. The fraction of sp³-hybridized carbons (Fsp3) is 0.269. The Hall–Kier alpha value is -3.40. The molecule has 0 aliphatic carbocycles. The molecule has 0 radical (unpaired) electrons. The summed E-state index contributed by atoms with van der Waals surface area (Å²) in [5, 5.41) is 8.20. The highest BCUT2D eigenvalue weighted by atomic mass is 32.2. The molecule has 8 nitrogen and oxygen atoms in total. The van der Waals surface area contributed by atoms with Crippen LogP contribution in [0.1, 0.15) is 15.9 Å². The van der Waals surface area contributed by atoms with Gasteiger partial charge in [-0.05, 0) is 48.4 Å². The van der Waals surface area contributed by atoms with Crippen LogP contribution in [0.25, 0.3) is 11.1 Å². The number of nitrogen functional groups attached to an aromatic ring is 1. The maximum absolute atomic E-state index is 11.0. The first-order chi connectivity index (χ1) is 16.9. The normalized spacial score (nSPS) is 13.9. The third-order valence-corrected chi connectivity index (χ3v) is 6.49. The molecule has 0 aromatic heterocycles. The minimum Gasteiger partial charge on any atom is -0.495 e. The summed E-state index contributed by atoms with van der Waals surface area (Å²) in [6, 6.07) is 17.0. The quantitative estimate of drug-likeness (QED) is 0.352. The number of carbonyl (C=O) groups excluding carboxylic acids is 1. The van der Waals surface area contributed by atoms with E-state index in [1.165, 1.54) is 7.11 Å². The first-order valence-electron chi connectivity index (χ1n) is 11.2. The van der Waals surface area contributed by atoms with Gasteiger partial charge in [0.05, 0.1) is 25.2 Å². The van der Waals surface area contributed by atoms with Crippen molar-refractivity contribution in [1.29, 1.82) is 0 Å². The highest BCUT2D eigenvalue weighted by Crippen LogP contribution is 2.35. The van der Waals surface area contributed by atoms with E-state index in [1.54, 1.807) is 25.2 Å². The van der Waals surface area contributed by atoms with Crippen molar-refractivity contribution in [2.75, 3.05) is 56.4 Å². The molecule has 1 fully saturated rings. The van der Waals surface area contributed by atoms with Gasteiger partial charge >= 0.3 is 0 Å². The van der Waals surface area contributed by atoms with Crippen LogP contribution in [0.2, 0.25) is 0 Å². The molecule has 186 valence electrons. The number of carbonyl (C=O) groups is 1. The van der Waals surface area contributed by atoms with Crippen LogP contribution in [-0.2, 0) is 15.7 Å². The molecule has 35 heavy (non-hydrogen) atoms. The Morgan fingerprint density at radius 3 is 2.37 bits per heavy atom. The third kappa shape index (κ3) is 6.60. The van der Waals surface area contributed by atoms with Crippen LogP contribution in [0.5, 0.6) is 5.75 Å². The van der Waals surface area contributed by atoms with Gasteiger partial charge in [0.2, 0.25) is 0 Å². The Morgan fingerprint density at radius 1 is 1.06 bits per heavy atom. The zero-order valence-electron chi connectivity index (χ0n) is 20.2. The second kappa shape index (κ2) is 12.3. The fourth-order valence-electron chi connectivity index (χ4n) is 3.89. The Morgan fingerprint density at radius 2 is 1.77 bits per heavy atom. The predicted octanol–water partition coefficient (Wildman–Crippen LogP) is 3.61. The molecule has 1 aliphatic heterocycles. The number of aryl methyl sites for hydroxylation is 1. The summed E-state index contributed by atoms with van der Waals surface area (Å²) >= 11 is 0. The van der Waals surface area contributed by atoms with E-state index < -0.39 is 11.0 Å². The maximum atomic E-state index is 11.0. The van der Waals surface area contributed by atoms with E-state index in [-0.39, 0.29) is 0 Å². The highest BCUT2D eigenvalue weighted by molar-refractivity contribution is 7.82. The van der Waals surface area contributed by atoms with Gasteiger partial charge in [-0.1, -0.05) is 18.2 Å². The number of aldehydes is 1. The predicted molar refractivity (Wildman–Crippen MR) is 143 cm³/mol. The summed E-state index contributed by atoms with van der Waals surface area (Å²) in [7, 11) is 1.82. The minimum absolute atomic E-state index is 0.501. The van der Waals surface area contributed by atoms with Gasteiger partial charge in [0, 0.05) is 54.4 Å². The molecule has 1 saturated heterocycles. The molecule has 1 aliphatic rings. The molecule has 1 atom stereocenters. The van der Waals surface area contributed by atoms with Crippen LogP contribution in [0, 0.1) is 6.92 Å². The fourth-order valence-corrected chi connectivity index (χ4v) is 4.44. The van der Waals surface area contributed by atoms with Gasteiger partial charge < -0.3 is 25.4 Å². The van der Waals surface area contributed by atoms with Crippen molar-refractivity contribution in [3.63, 3.8) is 0 Å². The molecule has 1 heterocycles. The highest BCUT2D eigenvalue weighted by Gasteiger charge is 2.17. The monoisotopic (exact) mass is 496 g/mol. The minimum atomic E-state index is -1.50. The van der Waals surface area contributed by atoms with Crippen LogP contribution in [0.4, 0.5) is 17.1 Å². The Kier molecular flexibility index (Phi) is 9.25. The maximum Gasteiger partial charge on any atom is 0.150 e. The van der Waals surface area contributed by atoms with Gasteiger partial charge in [-0.2, -0.15) is 0 Å². The Labute approximate surface area is 208 Å². The number of hydrogen-bond donors (Lipinski definition) is 3. The van der Waals surface area contributed by atoms with Crippen LogP contribution in [-0.4, -0.2) is 51.0 Å². The zero-order chi connectivity index (χ0) is 25.4.